The average molecular weight is 302 g/mol. The van der Waals surface area contributed by atoms with E-state index in [1.54, 1.807) is 6.26 Å². The Morgan fingerprint density at radius 3 is 2.76 bits per heavy atom. The highest BCUT2D eigenvalue weighted by Gasteiger charge is 2.40. The molecule has 0 bridgehead atoms. The quantitative estimate of drug-likeness (QED) is 0.871. The number of ether oxygens (including phenoxy) is 1. The van der Waals surface area contributed by atoms with Crippen molar-refractivity contribution in [3.05, 3.63) is 22.6 Å². The third kappa shape index (κ3) is 2.75. The van der Waals surface area contributed by atoms with Crippen molar-refractivity contribution in [1.82, 2.24) is 5.32 Å². The number of halogens is 1. The van der Waals surface area contributed by atoms with E-state index in [1.807, 2.05) is 13.2 Å². The molecular weight excluding hydrogens is 282 g/mol. The van der Waals surface area contributed by atoms with Gasteiger partial charge in [0.25, 0.3) is 0 Å². The van der Waals surface area contributed by atoms with Crippen LogP contribution in [0.3, 0.4) is 0 Å². The summed E-state index contributed by atoms with van der Waals surface area (Å²) in [7, 11) is 1.82. The highest BCUT2D eigenvalue weighted by atomic mass is 79.9. The predicted molar refractivity (Wildman–Crippen MR) is 71.0 cm³/mol. The Labute approximate surface area is 111 Å². The molecule has 96 valence electrons. The number of hydrogen-bond acceptors (Lipinski definition) is 3. The van der Waals surface area contributed by atoms with Gasteiger partial charge in [0.15, 0.2) is 0 Å². The molecule has 2 rings (SSSR count). The molecule has 1 heterocycles. The van der Waals surface area contributed by atoms with E-state index < -0.39 is 0 Å². The zero-order valence-corrected chi connectivity index (χ0v) is 12.0. The van der Waals surface area contributed by atoms with Crippen molar-refractivity contribution in [2.24, 2.45) is 0 Å². The van der Waals surface area contributed by atoms with Gasteiger partial charge in [-0.05, 0) is 54.2 Å². The molecule has 1 unspecified atom stereocenters. The third-order valence-corrected chi connectivity index (χ3v) is 4.34. The summed E-state index contributed by atoms with van der Waals surface area (Å²) in [4.78, 5) is 0. The lowest BCUT2D eigenvalue weighted by molar-refractivity contribution is -0.0848. The van der Waals surface area contributed by atoms with Crippen LogP contribution >= 0.6 is 15.9 Å². The van der Waals surface area contributed by atoms with Crippen molar-refractivity contribution in [3.8, 4) is 0 Å². The molecule has 0 saturated heterocycles. The lowest BCUT2D eigenvalue weighted by atomic mass is 9.75. The van der Waals surface area contributed by atoms with Crippen LogP contribution in [0.25, 0.3) is 0 Å². The molecule has 3 nitrogen and oxygen atoms in total. The van der Waals surface area contributed by atoms with E-state index in [2.05, 4.69) is 28.2 Å². The molecule has 1 fully saturated rings. The van der Waals surface area contributed by atoms with Gasteiger partial charge in [-0.3, -0.25) is 0 Å². The first kappa shape index (κ1) is 13.1. The maximum Gasteiger partial charge on any atom is 0.134 e. The summed E-state index contributed by atoms with van der Waals surface area (Å²) in [5.41, 5.74) is 0.0546. The molecule has 4 heteroatoms. The second kappa shape index (κ2) is 5.55. The molecule has 0 aromatic carbocycles. The van der Waals surface area contributed by atoms with Crippen LogP contribution in [0, 0.1) is 0 Å². The van der Waals surface area contributed by atoms with E-state index in [-0.39, 0.29) is 11.6 Å². The van der Waals surface area contributed by atoms with Crippen molar-refractivity contribution in [3.63, 3.8) is 0 Å². The minimum atomic E-state index is 0.0546. The first-order chi connectivity index (χ1) is 8.21. The highest BCUT2D eigenvalue weighted by Crippen LogP contribution is 2.42. The van der Waals surface area contributed by atoms with Gasteiger partial charge in [-0.25, -0.2) is 0 Å². The number of rotatable bonds is 6. The Balaban J connectivity index is 2.10. The molecule has 0 amide bonds. The SMILES string of the molecule is CCNC(CC1(OC)CCC1)c1occc1Br. The highest BCUT2D eigenvalue weighted by molar-refractivity contribution is 9.10. The molecule has 0 spiro atoms. The third-order valence-electron chi connectivity index (χ3n) is 3.69. The number of nitrogens with one attached hydrogen (secondary N) is 1. The maximum absolute atomic E-state index is 5.69. The van der Waals surface area contributed by atoms with Gasteiger partial charge in [0.1, 0.15) is 5.76 Å². The largest absolute Gasteiger partial charge is 0.466 e. The Morgan fingerprint density at radius 1 is 1.59 bits per heavy atom. The maximum atomic E-state index is 5.69. The van der Waals surface area contributed by atoms with Gasteiger partial charge in [0.05, 0.1) is 22.4 Å². The van der Waals surface area contributed by atoms with Crippen LogP contribution in [-0.2, 0) is 4.74 Å². The Hall–Kier alpha value is -0.320. The standard InChI is InChI=1S/C13H20BrNO2/c1-3-15-11(12-10(14)5-8-17-12)9-13(16-2)6-4-7-13/h5,8,11,15H,3-4,6-7,9H2,1-2H3. The lowest BCUT2D eigenvalue weighted by Gasteiger charge is -2.42. The summed E-state index contributed by atoms with van der Waals surface area (Å²) >= 11 is 3.53. The molecule has 0 radical (unpaired) electrons. The van der Waals surface area contributed by atoms with Crippen molar-refractivity contribution < 1.29 is 9.15 Å². The van der Waals surface area contributed by atoms with Gasteiger partial charge in [0, 0.05) is 7.11 Å². The smallest absolute Gasteiger partial charge is 0.134 e. The normalized spacial score (nSPS) is 19.9. The van der Waals surface area contributed by atoms with Gasteiger partial charge < -0.3 is 14.5 Å². The first-order valence-electron chi connectivity index (χ1n) is 6.22. The summed E-state index contributed by atoms with van der Waals surface area (Å²) in [5, 5.41) is 3.48. The molecule has 1 aliphatic rings. The fourth-order valence-corrected chi connectivity index (χ4v) is 2.97. The minimum Gasteiger partial charge on any atom is -0.466 e. The van der Waals surface area contributed by atoms with Gasteiger partial charge in [-0.2, -0.15) is 0 Å². The number of hydrogen-bond donors (Lipinski definition) is 1. The topological polar surface area (TPSA) is 34.4 Å². The van der Waals surface area contributed by atoms with Crippen LogP contribution in [0.2, 0.25) is 0 Å². The van der Waals surface area contributed by atoms with Crippen LogP contribution in [0.15, 0.2) is 21.2 Å². The first-order valence-corrected chi connectivity index (χ1v) is 7.01. The zero-order chi connectivity index (χ0) is 12.3. The Bertz CT molecular complexity index is 355. The van der Waals surface area contributed by atoms with Gasteiger partial charge in [-0.15, -0.1) is 0 Å². The Morgan fingerprint density at radius 2 is 2.35 bits per heavy atom. The van der Waals surface area contributed by atoms with E-state index >= 15 is 0 Å². The van der Waals surface area contributed by atoms with Crippen molar-refractivity contribution in [2.75, 3.05) is 13.7 Å². The van der Waals surface area contributed by atoms with Crippen LogP contribution in [0.1, 0.15) is 44.4 Å². The monoisotopic (exact) mass is 301 g/mol. The summed E-state index contributed by atoms with van der Waals surface area (Å²) < 4.78 is 12.3. The molecule has 1 N–H and O–H groups in total. The van der Waals surface area contributed by atoms with Crippen LogP contribution < -0.4 is 5.32 Å². The second-order valence-electron chi connectivity index (χ2n) is 4.69. The van der Waals surface area contributed by atoms with Crippen LogP contribution in [0.4, 0.5) is 0 Å². The summed E-state index contributed by atoms with van der Waals surface area (Å²) in [6, 6.07) is 2.17. The van der Waals surface area contributed by atoms with E-state index in [9.17, 15) is 0 Å². The molecule has 0 aliphatic heterocycles. The van der Waals surface area contributed by atoms with Gasteiger partial charge in [-0.1, -0.05) is 6.92 Å². The second-order valence-corrected chi connectivity index (χ2v) is 5.54. The van der Waals surface area contributed by atoms with E-state index in [0.29, 0.717) is 0 Å². The average Bonchev–Trinajstić information content (AvgIpc) is 2.68. The Kier molecular flexibility index (Phi) is 4.28. The summed E-state index contributed by atoms with van der Waals surface area (Å²) in [5.74, 6) is 0.982. The molecule has 1 aromatic heterocycles. The van der Waals surface area contributed by atoms with Gasteiger partial charge in [0.2, 0.25) is 0 Å². The van der Waals surface area contributed by atoms with Crippen molar-refractivity contribution in [2.45, 2.75) is 44.2 Å². The lowest BCUT2D eigenvalue weighted by Crippen LogP contribution is -2.42. The molecule has 1 aliphatic carbocycles. The van der Waals surface area contributed by atoms with Crippen molar-refractivity contribution in [1.29, 1.82) is 0 Å². The molecular formula is C13H20BrNO2. The predicted octanol–water partition coefficient (Wildman–Crippen LogP) is 3.65. The number of furan rings is 1. The van der Waals surface area contributed by atoms with E-state index in [4.69, 9.17) is 9.15 Å². The minimum absolute atomic E-state index is 0.0546. The molecule has 17 heavy (non-hydrogen) atoms. The summed E-state index contributed by atoms with van der Waals surface area (Å²) in [6.45, 7) is 3.04. The molecule has 1 saturated carbocycles. The molecule has 1 atom stereocenters. The van der Waals surface area contributed by atoms with E-state index in [1.165, 1.54) is 6.42 Å². The summed E-state index contributed by atoms with van der Waals surface area (Å²) in [6.07, 6.45) is 6.28. The van der Waals surface area contributed by atoms with Crippen molar-refractivity contribution >= 4 is 15.9 Å². The number of methoxy groups -OCH3 is 1. The van der Waals surface area contributed by atoms with E-state index in [0.717, 1.165) is 36.0 Å². The molecule has 1 aromatic rings. The fourth-order valence-electron chi connectivity index (χ4n) is 2.49. The van der Waals surface area contributed by atoms with Crippen LogP contribution in [-0.4, -0.2) is 19.3 Å². The van der Waals surface area contributed by atoms with Crippen LogP contribution in [0.5, 0.6) is 0 Å². The fraction of sp³-hybridized carbons (Fsp3) is 0.692. The van der Waals surface area contributed by atoms with Gasteiger partial charge >= 0.3 is 0 Å². The zero-order valence-electron chi connectivity index (χ0n) is 10.5.